The number of carboxylic acids is 1. The molecule has 0 aliphatic heterocycles. The van der Waals surface area contributed by atoms with Gasteiger partial charge in [0.2, 0.25) is 0 Å². The van der Waals surface area contributed by atoms with Gasteiger partial charge in [-0.1, -0.05) is 51.1 Å². The number of methoxy groups -OCH3 is 2. The van der Waals surface area contributed by atoms with E-state index in [9.17, 15) is 4.79 Å². The van der Waals surface area contributed by atoms with E-state index in [1.807, 2.05) is 23.9 Å². The number of carbonyl (C=O) groups is 1. The van der Waals surface area contributed by atoms with E-state index < -0.39 is 14.3 Å². The lowest BCUT2D eigenvalue weighted by Gasteiger charge is -2.42. The monoisotopic (exact) mass is 578 g/mol. The second-order valence-corrected chi connectivity index (χ2v) is 16.9. The van der Waals surface area contributed by atoms with Gasteiger partial charge in [0, 0.05) is 35.9 Å². The SMILES string of the molecule is COc1cc([C@@H](O[Si](C)(C)C(C)(C)C)[C@@H](CCCc2ccccc2)Cn2cc(/C=C/C(=O)O)cn2)cc(OC)c1C. The number of ether oxygens (including phenoxy) is 2. The molecule has 0 unspecified atom stereocenters. The highest BCUT2D eigenvalue weighted by Crippen LogP contribution is 2.45. The maximum atomic E-state index is 11.0. The van der Waals surface area contributed by atoms with Crippen molar-refractivity contribution < 1.29 is 23.8 Å². The lowest BCUT2D eigenvalue weighted by atomic mass is 9.89. The second-order valence-electron chi connectivity index (χ2n) is 12.2. The fourth-order valence-corrected chi connectivity index (χ4v) is 6.04. The van der Waals surface area contributed by atoms with Crippen molar-refractivity contribution in [2.75, 3.05) is 14.2 Å². The molecule has 0 aliphatic rings. The molecular formula is C33H46N2O5Si. The lowest BCUT2D eigenvalue weighted by Crippen LogP contribution is -2.43. The van der Waals surface area contributed by atoms with Crippen molar-refractivity contribution in [3.63, 3.8) is 0 Å². The molecule has 0 spiro atoms. The molecule has 222 valence electrons. The summed E-state index contributed by atoms with van der Waals surface area (Å²) in [5, 5.41) is 13.6. The van der Waals surface area contributed by atoms with Crippen LogP contribution in [0.5, 0.6) is 11.5 Å². The molecule has 1 N–H and O–H groups in total. The van der Waals surface area contributed by atoms with Crippen LogP contribution in [0.1, 0.15) is 62.0 Å². The minimum absolute atomic E-state index is 0.0131. The number of aryl methyl sites for hydroxylation is 1. The Morgan fingerprint density at radius 1 is 1.10 bits per heavy atom. The Kier molecular flexibility index (Phi) is 11.0. The van der Waals surface area contributed by atoms with E-state index >= 15 is 0 Å². The van der Waals surface area contributed by atoms with Crippen LogP contribution in [-0.4, -0.2) is 43.4 Å². The van der Waals surface area contributed by atoms with Crippen molar-refractivity contribution in [1.82, 2.24) is 9.78 Å². The quantitative estimate of drug-likeness (QED) is 0.156. The van der Waals surface area contributed by atoms with Crippen LogP contribution in [-0.2, 0) is 22.2 Å². The van der Waals surface area contributed by atoms with Gasteiger partial charge >= 0.3 is 5.97 Å². The zero-order valence-electron chi connectivity index (χ0n) is 25.8. The van der Waals surface area contributed by atoms with Crippen LogP contribution < -0.4 is 9.47 Å². The molecule has 0 saturated heterocycles. The van der Waals surface area contributed by atoms with Crippen molar-refractivity contribution in [3.8, 4) is 11.5 Å². The first kappa shape index (κ1) is 32.2. The zero-order chi connectivity index (χ0) is 30.2. The molecule has 0 aliphatic carbocycles. The van der Waals surface area contributed by atoms with Crippen LogP contribution in [0.25, 0.3) is 6.08 Å². The summed E-state index contributed by atoms with van der Waals surface area (Å²) < 4.78 is 20.7. The number of aliphatic carboxylic acids is 1. The summed E-state index contributed by atoms with van der Waals surface area (Å²) in [5.74, 6) is 0.639. The molecule has 7 nitrogen and oxygen atoms in total. The minimum atomic E-state index is -2.21. The highest BCUT2D eigenvalue weighted by atomic mass is 28.4. The average Bonchev–Trinajstić information content (AvgIpc) is 3.37. The van der Waals surface area contributed by atoms with E-state index in [-0.39, 0.29) is 17.1 Å². The second kappa shape index (κ2) is 14.0. The molecule has 41 heavy (non-hydrogen) atoms. The van der Waals surface area contributed by atoms with Gasteiger partial charge in [-0.2, -0.15) is 5.10 Å². The molecule has 2 atom stereocenters. The van der Waals surface area contributed by atoms with E-state index in [2.05, 4.69) is 75.4 Å². The molecule has 0 saturated carbocycles. The van der Waals surface area contributed by atoms with Crippen LogP contribution in [0.4, 0.5) is 0 Å². The normalized spacial score (nSPS) is 13.8. The topological polar surface area (TPSA) is 82.8 Å². The van der Waals surface area contributed by atoms with Gasteiger partial charge in [0.25, 0.3) is 0 Å². The van der Waals surface area contributed by atoms with Crippen LogP contribution in [0.2, 0.25) is 18.1 Å². The summed E-state index contributed by atoms with van der Waals surface area (Å²) in [7, 11) is 1.16. The zero-order valence-corrected chi connectivity index (χ0v) is 26.8. The molecular weight excluding hydrogens is 532 g/mol. The van der Waals surface area contributed by atoms with Gasteiger partial charge in [0.05, 0.1) is 26.5 Å². The van der Waals surface area contributed by atoms with Gasteiger partial charge in [-0.05, 0) is 73.7 Å². The first-order valence-corrected chi connectivity index (χ1v) is 17.1. The minimum Gasteiger partial charge on any atom is -0.496 e. The van der Waals surface area contributed by atoms with E-state index in [1.165, 1.54) is 5.56 Å². The molecule has 1 heterocycles. The highest BCUT2D eigenvalue weighted by molar-refractivity contribution is 6.74. The lowest BCUT2D eigenvalue weighted by molar-refractivity contribution is -0.131. The molecule has 2 aromatic carbocycles. The highest BCUT2D eigenvalue weighted by Gasteiger charge is 2.41. The number of hydrogen-bond donors (Lipinski definition) is 1. The van der Waals surface area contributed by atoms with Crippen molar-refractivity contribution in [2.24, 2.45) is 5.92 Å². The Balaban J connectivity index is 2.06. The molecule has 1 aromatic heterocycles. The van der Waals surface area contributed by atoms with E-state index in [0.29, 0.717) is 6.54 Å². The van der Waals surface area contributed by atoms with E-state index in [1.54, 1.807) is 26.5 Å². The van der Waals surface area contributed by atoms with Gasteiger partial charge in [-0.25, -0.2) is 4.79 Å². The van der Waals surface area contributed by atoms with Gasteiger partial charge in [0.1, 0.15) is 11.5 Å². The predicted octanol–water partition coefficient (Wildman–Crippen LogP) is 7.71. The summed E-state index contributed by atoms with van der Waals surface area (Å²) in [6.07, 6.45) is 8.92. The average molecular weight is 579 g/mol. The van der Waals surface area contributed by atoms with Gasteiger partial charge in [0.15, 0.2) is 8.32 Å². The predicted molar refractivity (Wildman–Crippen MR) is 167 cm³/mol. The van der Waals surface area contributed by atoms with Crippen molar-refractivity contribution >= 4 is 20.4 Å². The van der Waals surface area contributed by atoms with E-state index in [0.717, 1.165) is 53.5 Å². The van der Waals surface area contributed by atoms with Crippen molar-refractivity contribution in [2.45, 2.75) is 77.7 Å². The first-order chi connectivity index (χ1) is 19.3. The maximum Gasteiger partial charge on any atom is 0.328 e. The fraction of sp³-hybridized carbons (Fsp3) is 0.455. The van der Waals surface area contributed by atoms with Crippen LogP contribution in [0, 0.1) is 12.8 Å². The third kappa shape index (κ3) is 8.81. The fourth-order valence-electron chi connectivity index (χ4n) is 4.73. The maximum absolute atomic E-state index is 11.0. The molecule has 0 bridgehead atoms. The third-order valence-corrected chi connectivity index (χ3v) is 12.6. The summed E-state index contributed by atoms with van der Waals surface area (Å²) >= 11 is 0. The standard InChI is InChI=1S/C33H46N2O5Si/c1-24-29(38-5)19-28(20-30(24)39-6)32(40-41(7,8)33(2,3)4)27(16-12-15-25-13-10-9-11-14-25)23-35-22-26(21-34-35)17-18-31(36)37/h9-11,13-14,17-22,27,32H,12,15-16,23H2,1-8H3,(H,36,37)/b18-17+/t27-,32-/m0/s1. The smallest absolute Gasteiger partial charge is 0.328 e. The van der Waals surface area contributed by atoms with E-state index in [4.69, 9.17) is 19.0 Å². The number of hydrogen-bond acceptors (Lipinski definition) is 5. The number of rotatable bonds is 14. The third-order valence-electron chi connectivity index (χ3n) is 8.14. The number of carboxylic acid groups (broad SMARTS) is 1. The molecule has 0 amide bonds. The molecule has 0 fully saturated rings. The summed E-state index contributed by atoms with van der Waals surface area (Å²) in [5.41, 5.74) is 4.03. The number of benzene rings is 2. The number of aromatic nitrogens is 2. The Bertz CT molecular complexity index is 1290. The molecule has 8 heteroatoms. The van der Waals surface area contributed by atoms with Crippen LogP contribution in [0.3, 0.4) is 0 Å². The summed E-state index contributed by atoms with van der Waals surface area (Å²) in [6.45, 7) is 14.0. The molecule has 3 aromatic rings. The number of nitrogens with zero attached hydrogens (tertiary/aromatic N) is 2. The Labute approximate surface area is 246 Å². The first-order valence-electron chi connectivity index (χ1n) is 14.2. The Morgan fingerprint density at radius 2 is 1.73 bits per heavy atom. The molecule has 0 radical (unpaired) electrons. The van der Waals surface area contributed by atoms with Gasteiger partial charge in [-0.3, -0.25) is 4.68 Å². The van der Waals surface area contributed by atoms with Crippen molar-refractivity contribution in [3.05, 3.63) is 83.2 Å². The summed E-state index contributed by atoms with van der Waals surface area (Å²) in [6, 6.07) is 14.7. The van der Waals surface area contributed by atoms with Gasteiger partial charge in [-0.15, -0.1) is 0 Å². The van der Waals surface area contributed by atoms with Crippen LogP contribution in [0.15, 0.2) is 60.9 Å². The molecule has 3 rings (SSSR count). The van der Waals surface area contributed by atoms with Crippen LogP contribution >= 0.6 is 0 Å². The van der Waals surface area contributed by atoms with Crippen molar-refractivity contribution in [1.29, 1.82) is 0 Å². The van der Waals surface area contributed by atoms with Gasteiger partial charge < -0.3 is 19.0 Å². The Morgan fingerprint density at radius 3 is 2.29 bits per heavy atom. The Hall–Kier alpha value is -3.36. The largest absolute Gasteiger partial charge is 0.496 e. The summed E-state index contributed by atoms with van der Waals surface area (Å²) in [4.78, 5) is 11.0.